The number of aromatic hydroxyl groups is 1. The number of azo groups is 1. The third-order valence-electron chi connectivity index (χ3n) is 2.74. The molecule has 2 aromatic rings. The summed E-state index contributed by atoms with van der Waals surface area (Å²) in [4.78, 5) is 21.8. The highest BCUT2D eigenvalue weighted by Crippen LogP contribution is 2.31. The van der Waals surface area contributed by atoms with E-state index in [2.05, 4.69) is 10.2 Å². The second-order valence-electron chi connectivity index (χ2n) is 4.17. The summed E-state index contributed by atoms with van der Waals surface area (Å²) >= 11 is 0. The van der Waals surface area contributed by atoms with Crippen LogP contribution in [0.2, 0.25) is 0 Å². The number of nitrogens with zero attached hydrogens (tertiary/aromatic N) is 3. The second kappa shape index (κ2) is 6.44. The van der Waals surface area contributed by atoms with Crippen LogP contribution in [-0.4, -0.2) is 23.0 Å². The van der Waals surface area contributed by atoms with Crippen molar-refractivity contribution in [3.8, 4) is 11.5 Å². The first-order chi connectivity index (χ1) is 10.5. The maximum atomic E-state index is 11.8. The average molecular weight is 301 g/mol. The Balaban J connectivity index is 2.19. The van der Waals surface area contributed by atoms with Gasteiger partial charge in [0.05, 0.1) is 12.0 Å². The van der Waals surface area contributed by atoms with Gasteiger partial charge < -0.3 is 9.84 Å². The third-order valence-corrected chi connectivity index (χ3v) is 2.74. The Morgan fingerprint density at radius 3 is 2.50 bits per heavy atom. The zero-order valence-corrected chi connectivity index (χ0v) is 11.5. The summed E-state index contributed by atoms with van der Waals surface area (Å²) in [6.07, 6.45) is 0. The van der Waals surface area contributed by atoms with Crippen molar-refractivity contribution in [2.45, 2.75) is 0 Å². The fraction of sp³-hybridized carbons (Fsp3) is 0.0714. The van der Waals surface area contributed by atoms with Crippen LogP contribution >= 0.6 is 0 Å². The smallest absolute Gasteiger partial charge is 0.295 e. The molecule has 0 aliphatic rings. The number of methoxy groups -OCH3 is 1. The van der Waals surface area contributed by atoms with Crippen molar-refractivity contribution in [3.63, 3.8) is 0 Å². The number of ether oxygens (including phenoxy) is 1. The molecule has 0 unspecified atom stereocenters. The molecule has 0 aliphatic carbocycles. The molecule has 2 aromatic carbocycles. The van der Waals surface area contributed by atoms with Crippen molar-refractivity contribution in [2.75, 3.05) is 7.11 Å². The average Bonchev–Trinajstić information content (AvgIpc) is 2.53. The molecule has 1 N–H and O–H groups in total. The minimum Gasteiger partial charge on any atom is -0.508 e. The van der Waals surface area contributed by atoms with Crippen LogP contribution < -0.4 is 4.74 Å². The summed E-state index contributed by atoms with van der Waals surface area (Å²) in [6.45, 7) is 0. The predicted octanol–water partition coefficient (Wildman–Crippen LogP) is 3.23. The molecule has 22 heavy (non-hydrogen) atoms. The number of hydrogen-bond donors (Lipinski definition) is 1. The highest BCUT2D eigenvalue weighted by molar-refractivity contribution is 5.94. The number of benzene rings is 2. The lowest BCUT2D eigenvalue weighted by molar-refractivity contribution is -0.384. The van der Waals surface area contributed by atoms with E-state index in [1.165, 1.54) is 49.6 Å². The topological polar surface area (TPSA) is 114 Å². The fourth-order valence-corrected chi connectivity index (χ4v) is 1.63. The normalized spacial score (nSPS) is 10.6. The molecule has 1 amide bonds. The summed E-state index contributed by atoms with van der Waals surface area (Å²) in [6, 6.07) is 9.19. The van der Waals surface area contributed by atoms with Gasteiger partial charge in [0, 0.05) is 23.8 Å². The molecule has 8 heteroatoms. The molecule has 112 valence electrons. The van der Waals surface area contributed by atoms with E-state index in [9.17, 15) is 20.0 Å². The Morgan fingerprint density at radius 2 is 1.91 bits per heavy atom. The zero-order valence-electron chi connectivity index (χ0n) is 11.5. The monoisotopic (exact) mass is 301 g/mol. The SMILES string of the molecule is COc1cc(O)ccc1N=NC(=O)c1ccc([N+](=O)[O-])cc1. The van der Waals surface area contributed by atoms with Gasteiger partial charge in [-0.1, -0.05) is 0 Å². The molecule has 2 rings (SSSR count). The number of hydrogen-bond acceptors (Lipinski definition) is 6. The Morgan fingerprint density at radius 1 is 1.23 bits per heavy atom. The lowest BCUT2D eigenvalue weighted by atomic mass is 10.2. The molecule has 0 heterocycles. The number of nitro groups is 1. The van der Waals surface area contributed by atoms with Crippen molar-refractivity contribution in [1.29, 1.82) is 0 Å². The molecule has 0 spiro atoms. The minimum atomic E-state index is -0.648. The quantitative estimate of drug-likeness (QED) is 0.529. The highest BCUT2D eigenvalue weighted by atomic mass is 16.6. The van der Waals surface area contributed by atoms with Crippen LogP contribution in [-0.2, 0) is 0 Å². The molecule has 0 fully saturated rings. The van der Waals surface area contributed by atoms with E-state index in [0.29, 0.717) is 0 Å². The first-order valence-corrected chi connectivity index (χ1v) is 6.09. The van der Waals surface area contributed by atoms with E-state index in [1.54, 1.807) is 0 Å². The number of carbonyl (C=O) groups excluding carboxylic acids is 1. The summed E-state index contributed by atoms with van der Waals surface area (Å²) in [5.41, 5.74) is 0.330. The molecule has 0 atom stereocenters. The van der Waals surface area contributed by atoms with Crippen LogP contribution in [0.5, 0.6) is 11.5 Å². The van der Waals surface area contributed by atoms with Crippen LogP contribution in [0.25, 0.3) is 0 Å². The number of carbonyl (C=O) groups is 1. The first-order valence-electron chi connectivity index (χ1n) is 6.09. The molecule has 8 nitrogen and oxygen atoms in total. The van der Waals surface area contributed by atoms with Gasteiger partial charge in [-0.05, 0) is 24.3 Å². The maximum absolute atomic E-state index is 11.8. The molecule has 0 aliphatic heterocycles. The molecular weight excluding hydrogens is 290 g/mol. The van der Waals surface area contributed by atoms with Gasteiger partial charge in [0.1, 0.15) is 17.2 Å². The Kier molecular flexibility index (Phi) is 4.42. The summed E-state index contributed by atoms with van der Waals surface area (Å²) in [5.74, 6) is -0.386. The van der Waals surface area contributed by atoms with Crippen LogP contribution in [0.4, 0.5) is 11.4 Å². The van der Waals surface area contributed by atoms with Gasteiger partial charge in [0.25, 0.3) is 11.6 Å². The molecule has 0 aromatic heterocycles. The highest BCUT2D eigenvalue weighted by Gasteiger charge is 2.09. The molecule has 0 saturated heterocycles. The summed E-state index contributed by atoms with van der Waals surface area (Å²) in [5, 5.41) is 27.1. The molecule has 0 saturated carbocycles. The van der Waals surface area contributed by atoms with Gasteiger partial charge >= 0.3 is 0 Å². The number of amides is 1. The molecule has 0 bridgehead atoms. The van der Waals surface area contributed by atoms with Crippen molar-refractivity contribution in [2.24, 2.45) is 10.2 Å². The van der Waals surface area contributed by atoms with Gasteiger partial charge in [-0.2, -0.15) is 0 Å². The van der Waals surface area contributed by atoms with E-state index < -0.39 is 10.8 Å². The van der Waals surface area contributed by atoms with E-state index in [4.69, 9.17) is 4.74 Å². The van der Waals surface area contributed by atoms with Crippen LogP contribution in [0.3, 0.4) is 0 Å². The van der Waals surface area contributed by atoms with Gasteiger partial charge in [-0.15, -0.1) is 10.2 Å². The maximum Gasteiger partial charge on any atom is 0.295 e. The standard InChI is InChI=1S/C14H11N3O5/c1-22-13-8-11(18)6-7-12(13)15-16-14(19)9-2-4-10(5-3-9)17(20)21/h2-8,18H,1H3. The Bertz CT molecular complexity index is 741. The van der Waals surface area contributed by atoms with E-state index in [-0.39, 0.29) is 28.4 Å². The van der Waals surface area contributed by atoms with Crippen LogP contribution in [0.1, 0.15) is 10.4 Å². The number of nitro benzene ring substituents is 1. The van der Waals surface area contributed by atoms with Gasteiger partial charge in [0.2, 0.25) is 0 Å². The number of phenolic OH excluding ortho intramolecular Hbond substituents is 1. The van der Waals surface area contributed by atoms with E-state index in [0.717, 1.165) is 0 Å². The van der Waals surface area contributed by atoms with Crippen molar-refractivity contribution < 1.29 is 19.6 Å². The number of rotatable bonds is 4. The van der Waals surface area contributed by atoms with Crippen molar-refractivity contribution in [3.05, 3.63) is 58.1 Å². The van der Waals surface area contributed by atoms with Crippen molar-refractivity contribution in [1.82, 2.24) is 0 Å². The Labute approximate surface area is 124 Å². The second-order valence-corrected chi connectivity index (χ2v) is 4.17. The van der Waals surface area contributed by atoms with Crippen molar-refractivity contribution >= 4 is 17.3 Å². The summed E-state index contributed by atoms with van der Waals surface area (Å²) < 4.78 is 5.01. The minimum absolute atomic E-state index is 0.00232. The predicted molar refractivity (Wildman–Crippen MR) is 76.6 cm³/mol. The number of non-ortho nitro benzene ring substituents is 1. The lowest BCUT2D eigenvalue weighted by Gasteiger charge is -2.03. The Hall–Kier alpha value is -3.29. The number of phenols is 1. The lowest BCUT2D eigenvalue weighted by Crippen LogP contribution is -1.95. The largest absolute Gasteiger partial charge is 0.508 e. The zero-order chi connectivity index (χ0) is 16.1. The fourth-order valence-electron chi connectivity index (χ4n) is 1.63. The van der Waals surface area contributed by atoms with Gasteiger partial charge in [0.15, 0.2) is 0 Å². The van der Waals surface area contributed by atoms with E-state index >= 15 is 0 Å². The summed E-state index contributed by atoms with van der Waals surface area (Å²) in [7, 11) is 1.39. The van der Waals surface area contributed by atoms with Gasteiger partial charge in [-0.3, -0.25) is 14.9 Å². The molecule has 0 radical (unpaired) electrons. The first kappa shape index (κ1) is 15.1. The van der Waals surface area contributed by atoms with Crippen LogP contribution in [0.15, 0.2) is 52.7 Å². The third kappa shape index (κ3) is 3.42. The van der Waals surface area contributed by atoms with Gasteiger partial charge in [-0.25, -0.2) is 0 Å². The van der Waals surface area contributed by atoms with E-state index in [1.807, 2.05) is 0 Å². The van der Waals surface area contributed by atoms with Crippen LogP contribution in [0, 0.1) is 10.1 Å². The molecular formula is C14H11N3O5.